The second-order valence-electron chi connectivity index (χ2n) is 4.37. The van der Waals surface area contributed by atoms with Crippen LogP contribution in [0.1, 0.15) is 12.0 Å². The summed E-state index contributed by atoms with van der Waals surface area (Å²) in [6, 6.07) is 5.96. The topological polar surface area (TPSA) is 116 Å². The van der Waals surface area contributed by atoms with Crippen LogP contribution >= 0.6 is 0 Å². The lowest BCUT2D eigenvalue weighted by molar-refractivity contribution is -0.120. The highest BCUT2D eigenvalue weighted by Crippen LogP contribution is 2.23. The van der Waals surface area contributed by atoms with Gasteiger partial charge in [0, 0.05) is 26.1 Å². The van der Waals surface area contributed by atoms with Crippen molar-refractivity contribution in [3.63, 3.8) is 0 Å². The molecule has 0 atom stereocenters. The first-order chi connectivity index (χ1) is 9.45. The van der Waals surface area contributed by atoms with Crippen LogP contribution in [0.2, 0.25) is 0 Å². The van der Waals surface area contributed by atoms with Crippen molar-refractivity contribution in [2.75, 3.05) is 25.4 Å². The maximum Gasteiger partial charge on any atom is 0.245 e. The van der Waals surface area contributed by atoms with Crippen molar-refractivity contribution in [1.29, 1.82) is 5.26 Å². The van der Waals surface area contributed by atoms with Crippen molar-refractivity contribution in [2.24, 2.45) is 0 Å². The van der Waals surface area contributed by atoms with Crippen LogP contribution in [-0.4, -0.2) is 38.3 Å². The number of nitrogen functional groups attached to an aromatic ring is 1. The minimum absolute atomic E-state index is 0.0348. The molecule has 0 unspecified atom stereocenters. The molecule has 106 valence electrons. The van der Waals surface area contributed by atoms with Gasteiger partial charge in [0.15, 0.2) is 0 Å². The number of carbonyl (C=O) groups excluding carboxylic acids is 1. The number of amides is 1. The Morgan fingerprint density at radius 1 is 1.35 bits per heavy atom. The fourth-order valence-electron chi connectivity index (χ4n) is 1.98. The van der Waals surface area contributed by atoms with E-state index < -0.39 is 10.0 Å². The van der Waals surface area contributed by atoms with Gasteiger partial charge >= 0.3 is 0 Å². The van der Waals surface area contributed by atoms with E-state index in [2.05, 4.69) is 5.32 Å². The van der Waals surface area contributed by atoms with E-state index in [-0.39, 0.29) is 42.5 Å². The number of nitriles is 1. The number of sulfonamides is 1. The van der Waals surface area contributed by atoms with Gasteiger partial charge in [0.05, 0.1) is 17.3 Å². The fraction of sp³-hybridized carbons (Fsp3) is 0.333. The number of anilines is 1. The second kappa shape index (κ2) is 5.48. The molecular weight excluding hydrogens is 280 g/mol. The Labute approximate surface area is 117 Å². The first kappa shape index (κ1) is 14.3. The van der Waals surface area contributed by atoms with E-state index in [9.17, 15) is 13.2 Å². The third kappa shape index (κ3) is 2.74. The minimum atomic E-state index is -3.76. The summed E-state index contributed by atoms with van der Waals surface area (Å²) in [5.74, 6) is -0.171. The van der Waals surface area contributed by atoms with E-state index in [1.807, 2.05) is 6.07 Å². The molecule has 0 radical (unpaired) electrons. The Kier molecular flexibility index (Phi) is 3.92. The summed E-state index contributed by atoms with van der Waals surface area (Å²) in [5, 5.41) is 11.4. The summed E-state index contributed by atoms with van der Waals surface area (Å²) >= 11 is 0. The summed E-state index contributed by atoms with van der Waals surface area (Å²) in [6.45, 7) is 0.593. The van der Waals surface area contributed by atoms with Gasteiger partial charge in [-0.2, -0.15) is 9.57 Å². The Morgan fingerprint density at radius 3 is 2.75 bits per heavy atom. The van der Waals surface area contributed by atoms with Gasteiger partial charge in [-0.05, 0) is 18.2 Å². The van der Waals surface area contributed by atoms with Crippen LogP contribution in [0.15, 0.2) is 23.1 Å². The molecule has 1 amide bonds. The molecular formula is C12H14N4O3S. The van der Waals surface area contributed by atoms with Crippen LogP contribution in [0.25, 0.3) is 0 Å². The average Bonchev–Trinajstić information content (AvgIpc) is 2.63. The molecule has 1 heterocycles. The standard InChI is InChI=1S/C12H14N4O3S/c13-8-9-1-2-11(10(14)7-9)20(18,19)16-5-3-12(17)15-4-6-16/h1-2,7H,3-6,14H2,(H,15,17). The zero-order valence-corrected chi connectivity index (χ0v) is 11.5. The SMILES string of the molecule is N#Cc1ccc(S(=O)(=O)N2CCNC(=O)CC2)c(N)c1. The molecule has 7 nitrogen and oxygen atoms in total. The third-order valence-electron chi connectivity index (χ3n) is 3.03. The van der Waals surface area contributed by atoms with Gasteiger partial charge < -0.3 is 11.1 Å². The smallest absolute Gasteiger partial charge is 0.245 e. The quantitative estimate of drug-likeness (QED) is 0.723. The number of rotatable bonds is 2. The van der Waals surface area contributed by atoms with Gasteiger partial charge in [-0.25, -0.2) is 8.42 Å². The van der Waals surface area contributed by atoms with Gasteiger partial charge in [0.25, 0.3) is 0 Å². The molecule has 1 fully saturated rings. The summed E-state index contributed by atoms with van der Waals surface area (Å²) in [5.41, 5.74) is 6.05. The molecule has 0 spiro atoms. The zero-order chi connectivity index (χ0) is 14.8. The first-order valence-corrected chi connectivity index (χ1v) is 7.45. The summed E-state index contributed by atoms with van der Waals surface area (Å²) < 4.78 is 26.2. The molecule has 0 aliphatic carbocycles. The highest BCUT2D eigenvalue weighted by atomic mass is 32.2. The Balaban J connectivity index is 2.35. The Morgan fingerprint density at radius 2 is 2.10 bits per heavy atom. The molecule has 2 rings (SSSR count). The molecule has 20 heavy (non-hydrogen) atoms. The molecule has 0 bridgehead atoms. The van der Waals surface area contributed by atoms with Crippen molar-refractivity contribution < 1.29 is 13.2 Å². The minimum Gasteiger partial charge on any atom is -0.398 e. The van der Waals surface area contributed by atoms with Crippen LogP contribution in [0.5, 0.6) is 0 Å². The highest BCUT2D eigenvalue weighted by molar-refractivity contribution is 7.89. The average molecular weight is 294 g/mol. The zero-order valence-electron chi connectivity index (χ0n) is 10.7. The van der Waals surface area contributed by atoms with E-state index in [4.69, 9.17) is 11.0 Å². The van der Waals surface area contributed by atoms with E-state index in [0.717, 1.165) is 0 Å². The van der Waals surface area contributed by atoms with E-state index in [1.165, 1.54) is 22.5 Å². The molecule has 1 saturated heterocycles. The molecule has 0 saturated carbocycles. The largest absolute Gasteiger partial charge is 0.398 e. The number of benzene rings is 1. The number of hydrogen-bond acceptors (Lipinski definition) is 5. The Bertz CT molecular complexity index is 678. The van der Waals surface area contributed by atoms with Crippen LogP contribution in [0, 0.1) is 11.3 Å². The second-order valence-corrected chi connectivity index (χ2v) is 6.27. The number of nitrogens with two attached hydrogens (primary N) is 1. The number of carbonyl (C=O) groups is 1. The van der Waals surface area contributed by atoms with Crippen molar-refractivity contribution >= 4 is 21.6 Å². The number of nitrogens with zero attached hydrogens (tertiary/aromatic N) is 2. The van der Waals surface area contributed by atoms with E-state index in [1.54, 1.807) is 0 Å². The van der Waals surface area contributed by atoms with Crippen LogP contribution in [-0.2, 0) is 14.8 Å². The Hall–Kier alpha value is -2.11. The molecule has 1 aliphatic rings. The predicted octanol–water partition coefficient (Wildman–Crippen LogP) is -0.349. The van der Waals surface area contributed by atoms with Gasteiger partial charge in [0.2, 0.25) is 15.9 Å². The summed E-state index contributed by atoms with van der Waals surface area (Å²) in [6.07, 6.45) is 0.120. The number of hydrogen-bond donors (Lipinski definition) is 2. The van der Waals surface area contributed by atoms with Gasteiger partial charge in [-0.3, -0.25) is 4.79 Å². The van der Waals surface area contributed by atoms with E-state index in [0.29, 0.717) is 5.56 Å². The van der Waals surface area contributed by atoms with Crippen molar-refractivity contribution in [3.05, 3.63) is 23.8 Å². The molecule has 1 aromatic rings. The first-order valence-electron chi connectivity index (χ1n) is 6.01. The van der Waals surface area contributed by atoms with Crippen molar-refractivity contribution in [1.82, 2.24) is 9.62 Å². The van der Waals surface area contributed by atoms with Crippen LogP contribution < -0.4 is 11.1 Å². The monoisotopic (exact) mass is 294 g/mol. The molecule has 0 aromatic heterocycles. The normalized spacial score (nSPS) is 17.1. The predicted molar refractivity (Wildman–Crippen MR) is 72.0 cm³/mol. The molecule has 8 heteroatoms. The molecule has 1 aromatic carbocycles. The molecule has 1 aliphatic heterocycles. The maximum absolute atomic E-state index is 12.5. The summed E-state index contributed by atoms with van der Waals surface area (Å²) in [7, 11) is -3.76. The van der Waals surface area contributed by atoms with Gasteiger partial charge in [0.1, 0.15) is 4.90 Å². The van der Waals surface area contributed by atoms with Crippen molar-refractivity contribution in [3.8, 4) is 6.07 Å². The molecule has 3 N–H and O–H groups in total. The van der Waals surface area contributed by atoms with E-state index >= 15 is 0 Å². The third-order valence-corrected chi connectivity index (χ3v) is 5.00. The van der Waals surface area contributed by atoms with Crippen LogP contribution in [0.4, 0.5) is 5.69 Å². The highest BCUT2D eigenvalue weighted by Gasteiger charge is 2.28. The number of nitrogens with one attached hydrogen (secondary N) is 1. The van der Waals surface area contributed by atoms with Gasteiger partial charge in [-0.1, -0.05) is 0 Å². The lowest BCUT2D eigenvalue weighted by atomic mass is 10.2. The van der Waals surface area contributed by atoms with Crippen LogP contribution in [0.3, 0.4) is 0 Å². The maximum atomic E-state index is 12.5. The lowest BCUT2D eigenvalue weighted by Crippen LogP contribution is -2.34. The van der Waals surface area contributed by atoms with Crippen molar-refractivity contribution in [2.45, 2.75) is 11.3 Å². The summed E-state index contributed by atoms with van der Waals surface area (Å²) in [4.78, 5) is 11.2. The lowest BCUT2D eigenvalue weighted by Gasteiger charge is -2.20. The fourth-order valence-corrected chi connectivity index (χ4v) is 3.52. The van der Waals surface area contributed by atoms with Gasteiger partial charge in [-0.15, -0.1) is 0 Å².